The first-order valence-corrected chi connectivity index (χ1v) is 9.27. The molecular formula is C21H18Cl2N2O2. The number of nitrogens with one attached hydrogen (secondary N) is 1. The summed E-state index contributed by atoms with van der Waals surface area (Å²) in [4.78, 5) is 15.3. The van der Waals surface area contributed by atoms with Crippen LogP contribution in [0.1, 0.15) is 27.9 Å². The van der Waals surface area contributed by atoms with Gasteiger partial charge in [0.05, 0.1) is 10.0 Å². The maximum absolute atomic E-state index is 11.2. The molecule has 0 atom stereocenters. The summed E-state index contributed by atoms with van der Waals surface area (Å²) in [6.07, 6.45) is 4.41. The molecule has 0 unspecified atom stereocenters. The van der Waals surface area contributed by atoms with Crippen LogP contribution in [0, 0.1) is 0 Å². The smallest absolute Gasteiger partial charge is 0.339 e. The normalized spacial score (nSPS) is 10.6. The van der Waals surface area contributed by atoms with Gasteiger partial charge in [0.25, 0.3) is 0 Å². The second-order valence-corrected chi connectivity index (χ2v) is 6.94. The Morgan fingerprint density at radius 1 is 0.963 bits per heavy atom. The number of rotatable bonds is 7. The van der Waals surface area contributed by atoms with E-state index in [4.69, 9.17) is 23.2 Å². The van der Waals surface area contributed by atoms with E-state index in [9.17, 15) is 9.90 Å². The second-order valence-electron chi connectivity index (χ2n) is 6.13. The molecule has 3 rings (SSSR count). The van der Waals surface area contributed by atoms with Crippen molar-refractivity contribution in [1.82, 2.24) is 4.98 Å². The molecule has 1 aromatic heterocycles. The summed E-state index contributed by atoms with van der Waals surface area (Å²) in [7, 11) is 0. The van der Waals surface area contributed by atoms with Gasteiger partial charge in [-0.25, -0.2) is 9.78 Å². The molecule has 0 saturated heterocycles. The minimum Gasteiger partial charge on any atom is -0.478 e. The first-order chi connectivity index (χ1) is 13.0. The lowest BCUT2D eigenvalue weighted by molar-refractivity contribution is 0.0697. The number of carbonyl (C=O) groups is 1. The molecule has 6 heteroatoms. The van der Waals surface area contributed by atoms with E-state index in [0.29, 0.717) is 15.9 Å². The van der Waals surface area contributed by atoms with Crippen LogP contribution in [0.15, 0.2) is 60.8 Å². The molecule has 0 aliphatic heterocycles. The molecule has 0 saturated carbocycles. The maximum atomic E-state index is 11.2. The molecule has 0 spiro atoms. The number of halogens is 2. The summed E-state index contributed by atoms with van der Waals surface area (Å²) < 4.78 is 0. The summed E-state index contributed by atoms with van der Waals surface area (Å²) in [6, 6.07) is 16.8. The number of hydrogen-bond donors (Lipinski definition) is 2. The molecule has 138 valence electrons. The van der Waals surface area contributed by atoms with Crippen LogP contribution in [0.25, 0.3) is 0 Å². The molecule has 27 heavy (non-hydrogen) atoms. The number of carboxylic acid groups (broad SMARTS) is 1. The van der Waals surface area contributed by atoms with Crippen LogP contribution >= 0.6 is 23.2 Å². The van der Waals surface area contributed by atoms with Crippen LogP contribution in [-0.4, -0.2) is 16.1 Å². The third kappa shape index (κ3) is 5.22. The minimum atomic E-state index is -1.01. The van der Waals surface area contributed by atoms with Crippen molar-refractivity contribution in [2.24, 2.45) is 0 Å². The molecule has 3 aromatic rings. The van der Waals surface area contributed by atoms with Gasteiger partial charge in [-0.2, -0.15) is 0 Å². The van der Waals surface area contributed by atoms with E-state index >= 15 is 0 Å². The van der Waals surface area contributed by atoms with Gasteiger partial charge < -0.3 is 10.4 Å². The summed E-state index contributed by atoms with van der Waals surface area (Å²) in [5.41, 5.74) is 3.31. The topological polar surface area (TPSA) is 62.2 Å². The highest BCUT2D eigenvalue weighted by molar-refractivity contribution is 6.42. The first kappa shape index (κ1) is 19.2. The fraction of sp³-hybridized carbons (Fsp3) is 0.143. The Morgan fingerprint density at radius 3 is 2.37 bits per heavy atom. The van der Waals surface area contributed by atoms with Crippen molar-refractivity contribution in [2.45, 2.75) is 19.3 Å². The summed E-state index contributed by atoms with van der Waals surface area (Å²) >= 11 is 12.0. The predicted octanol–water partition coefficient (Wildman–Crippen LogP) is 6.01. The van der Waals surface area contributed by atoms with Crippen molar-refractivity contribution in [3.05, 3.63) is 87.5 Å². The highest BCUT2D eigenvalue weighted by Gasteiger charge is 2.10. The molecule has 2 aromatic carbocycles. The Morgan fingerprint density at radius 2 is 1.67 bits per heavy atom. The van der Waals surface area contributed by atoms with Gasteiger partial charge in [0, 0.05) is 11.9 Å². The van der Waals surface area contributed by atoms with E-state index in [2.05, 4.69) is 10.3 Å². The Balaban J connectivity index is 1.57. The lowest BCUT2D eigenvalue weighted by Gasteiger charge is -2.09. The van der Waals surface area contributed by atoms with Crippen molar-refractivity contribution in [3.63, 3.8) is 0 Å². The second kappa shape index (κ2) is 8.89. The molecule has 0 amide bonds. The monoisotopic (exact) mass is 400 g/mol. The highest BCUT2D eigenvalue weighted by Crippen LogP contribution is 2.24. The van der Waals surface area contributed by atoms with Crippen LogP contribution in [0.4, 0.5) is 11.5 Å². The van der Waals surface area contributed by atoms with Crippen LogP contribution in [-0.2, 0) is 12.8 Å². The van der Waals surface area contributed by atoms with Gasteiger partial charge in [-0.05, 0) is 66.8 Å². The summed E-state index contributed by atoms with van der Waals surface area (Å²) in [6.45, 7) is 0. The summed E-state index contributed by atoms with van der Waals surface area (Å²) in [5.74, 6) is -0.679. The van der Waals surface area contributed by atoms with Crippen LogP contribution in [0.2, 0.25) is 10.0 Å². The number of hydrogen-bond acceptors (Lipinski definition) is 3. The average Bonchev–Trinajstić information content (AvgIpc) is 2.66. The predicted molar refractivity (Wildman–Crippen MR) is 109 cm³/mol. The van der Waals surface area contributed by atoms with Gasteiger partial charge in [0.15, 0.2) is 0 Å². The fourth-order valence-corrected chi connectivity index (χ4v) is 3.08. The van der Waals surface area contributed by atoms with Gasteiger partial charge >= 0.3 is 5.97 Å². The molecule has 2 N–H and O–H groups in total. The SMILES string of the molecule is O=C(O)c1cccnc1Nc1ccc(CCCc2ccc(Cl)c(Cl)c2)cc1. The zero-order chi connectivity index (χ0) is 19.2. The number of aromatic nitrogens is 1. The minimum absolute atomic E-state index is 0.142. The molecular weight excluding hydrogens is 383 g/mol. The largest absolute Gasteiger partial charge is 0.478 e. The van der Waals surface area contributed by atoms with Crippen molar-refractivity contribution < 1.29 is 9.90 Å². The first-order valence-electron chi connectivity index (χ1n) is 8.51. The standard InChI is InChI=1S/C21H18Cl2N2O2/c22-18-11-8-15(13-19(18)23)4-1-3-14-6-9-16(10-7-14)25-20-17(21(26)27)5-2-12-24-20/h2,5-13H,1,3-4H2,(H,24,25)(H,26,27). The third-order valence-electron chi connectivity index (χ3n) is 4.17. The van der Waals surface area contributed by atoms with E-state index in [1.807, 2.05) is 42.5 Å². The van der Waals surface area contributed by atoms with Crippen LogP contribution < -0.4 is 5.32 Å². The number of aromatic carboxylic acids is 1. The lowest BCUT2D eigenvalue weighted by atomic mass is 10.0. The van der Waals surface area contributed by atoms with Crippen molar-refractivity contribution in [1.29, 1.82) is 0 Å². The van der Waals surface area contributed by atoms with Gasteiger partial charge in [-0.1, -0.05) is 41.4 Å². The maximum Gasteiger partial charge on any atom is 0.339 e. The number of carboxylic acids is 1. The van der Waals surface area contributed by atoms with Crippen molar-refractivity contribution >= 4 is 40.7 Å². The Kier molecular flexibility index (Phi) is 6.32. The quantitative estimate of drug-likeness (QED) is 0.509. The number of aryl methyl sites for hydroxylation is 2. The number of nitrogens with zero attached hydrogens (tertiary/aromatic N) is 1. The molecule has 4 nitrogen and oxygen atoms in total. The van der Waals surface area contributed by atoms with Gasteiger partial charge in [0.1, 0.15) is 11.4 Å². The van der Waals surface area contributed by atoms with E-state index in [1.165, 1.54) is 17.2 Å². The third-order valence-corrected chi connectivity index (χ3v) is 4.91. The van der Waals surface area contributed by atoms with Gasteiger partial charge in [-0.3, -0.25) is 0 Å². The van der Waals surface area contributed by atoms with E-state index in [1.54, 1.807) is 12.3 Å². The molecule has 0 aliphatic rings. The molecule has 0 aliphatic carbocycles. The summed E-state index contributed by atoms with van der Waals surface area (Å²) in [5, 5.41) is 13.4. The molecule has 0 radical (unpaired) electrons. The van der Waals surface area contributed by atoms with E-state index < -0.39 is 5.97 Å². The average molecular weight is 401 g/mol. The van der Waals surface area contributed by atoms with E-state index in [0.717, 1.165) is 24.9 Å². The van der Waals surface area contributed by atoms with Crippen LogP contribution in [0.5, 0.6) is 0 Å². The van der Waals surface area contributed by atoms with Crippen molar-refractivity contribution in [3.8, 4) is 0 Å². The lowest BCUT2D eigenvalue weighted by Crippen LogP contribution is -2.04. The van der Waals surface area contributed by atoms with Gasteiger partial charge in [-0.15, -0.1) is 0 Å². The highest BCUT2D eigenvalue weighted by atomic mass is 35.5. The number of benzene rings is 2. The Labute approximate surface area is 167 Å². The van der Waals surface area contributed by atoms with Crippen LogP contribution in [0.3, 0.4) is 0 Å². The zero-order valence-corrected chi connectivity index (χ0v) is 16.0. The van der Waals surface area contributed by atoms with Crippen molar-refractivity contribution in [2.75, 3.05) is 5.32 Å². The Bertz CT molecular complexity index is 943. The molecule has 0 bridgehead atoms. The number of anilines is 2. The Hall–Kier alpha value is -2.56. The number of pyridine rings is 1. The van der Waals surface area contributed by atoms with Gasteiger partial charge in [0.2, 0.25) is 0 Å². The molecule has 0 fully saturated rings. The zero-order valence-electron chi connectivity index (χ0n) is 14.5. The van der Waals surface area contributed by atoms with E-state index in [-0.39, 0.29) is 5.56 Å². The fourth-order valence-electron chi connectivity index (χ4n) is 2.76. The molecule has 1 heterocycles.